The Labute approximate surface area is 137 Å². The first-order chi connectivity index (χ1) is 11.2. The molecule has 2 rings (SSSR count). The third kappa shape index (κ3) is 5.16. The minimum Gasteiger partial charge on any atom is -0.462 e. The average Bonchev–Trinajstić information content (AvgIpc) is 2.60. The molecule has 1 aromatic heterocycles. The number of aromatic nitrogens is 2. The van der Waals surface area contributed by atoms with Crippen LogP contribution in [0.4, 0.5) is 0 Å². The summed E-state index contributed by atoms with van der Waals surface area (Å²) in [6.45, 7) is 4.39. The molecule has 1 aromatic carbocycles. The zero-order chi connectivity index (χ0) is 16.5. The molecule has 0 bridgehead atoms. The van der Waals surface area contributed by atoms with Crippen LogP contribution < -0.4 is 0 Å². The lowest BCUT2D eigenvalue weighted by atomic mass is 10.1. The Morgan fingerprint density at radius 1 is 1.00 bits per heavy atom. The van der Waals surface area contributed by atoms with Crippen LogP contribution in [-0.4, -0.2) is 22.5 Å². The van der Waals surface area contributed by atoms with Crippen LogP contribution in [0.15, 0.2) is 36.7 Å². The summed E-state index contributed by atoms with van der Waals surface area (Å²) in [4.78, 5) is 20.5. The van der Waals surface area contributed by atoms with Crippen LogP contribution >= 0.6 is 0 Å². The van der Waals surface area contributed by atoms with Crippen molar-refractivity contribution < 1.29 is 9.53 Å². The molecule has 0 saturated carbocycles. The van der Waals surface area contributed by atoms with Crippen molar-refractivity contribution in [3.8, 4) is 11.4 Å². The Bertz CT molecular complexity index is 606. The minimum atomic E-state index is -0.303. The van der Waals surface area contributed by atoms with Gasteiger partial charge in [-0.2, -0.15) is 0 Å². The van der Waals surface area contributed by atoms with E-state index in [1.54, 1.807) is 19.1 Å². The first kappa shape index (κ1) is 17.1. The van der Waals surface area contributed by atoms with E-state index in [1.165, 1.54) is 31.2 Å². The summed E-state index contributed by atoms with van der Waals surface area (Å²) in [5, 5.41) is 0. The van der Waals surface area contributed by atoms with Gasteiger partial charge in [-0.05, 0) is 37.5 Å². The van der Waals surface area contributed by atoms with E-state index in [9.17, 15) is 4.79 Å². The lowest BCUT2D eigenvalue weighted by Crippen LogP contribution is -2.04. The van der Waals surface area contributed by atoms with Gasteiger partial charge in [0.1, 0.15) is 0 Å². The molecular formula is C19H24N2O2. The number of aryl methyl sites for hydroxylation is 1. The van der Waals surface area contributed by atoms with E-state index in [4.69, 9.17) is 4.74 Å². The van der Waals surface area contributed by atoms with E-state index in [-0.39, 0.29) is 5.97 Å². The Morgan fingerprint density at radius 3 is 2.30 bits per heavy atom. The molecule has 1 heterocycles. The summed E-state index contributed by atoms with van der Waals surface area (Å²) < 4.78 is 4.97. The predicted octanol–water partition coefficient (Wildman–Crippen LogP) is 4.44. The molecule has 0 radical (unpaired) electrons. The topological polar surface area (TPSA) is 52.1 Å². The van der Waals surface area contributed by atoms with Crippen LogP contribution in [0, 0.1) is 0 Å². The molecule has 122 valence electrons. The van der Waals surface area contributed by atoms with Crippen molar-refractivity contribution in [1.29, 1.82) is 0 Å². The molecule has 0 aliphatic carbocycles. The normalized spacial score (nSPS) is 10.5. The smallest absolute Gasteiger partial charge is 0.338 e. The fraction of sp³-hybridized carbons (Fsp3) is 0.421. The van der Waals surface area contributed by atoms with Gasteiger partial charge in [0.05, 0.1) is 12.2 Å². The number of nitrogens with zero attached hydrogens (tertiary/aromatic N) is 2. The molecule has 2 aromatic rings. The van der Waals surface area contributed by atoms with Gasteiger partial charge in [0.25, 0.3) is 0 Å². The van der Waals surface area contributed by atoms with E-state index in [2.05, 4.69) is 16.9 Å². The molecule has 0 aliphatic rings. The monoisotopic (exact) mass is 312 g/mol. The van der Waals surface area contributed by atoms with Crippen molar-refractivity contribution in [3.63, 3.8) is 0 Å². The highest BCUT2D eigenvalue weighted by Crippen LogP contribution is 2.16. The van der Waals surface area contributed by atoms with Crippen LogP contribution in [0.5, 0.6) is 0 Å². The Hall–Kier alpha value is -2.23. The lowest BCUT2D eigenvalue weighted by molar-refractivity contribution is 0.0526. The number of carbonyl (C=O) groups is 1. The zero-order valence-corrected chi connectivity index (χ0v) is 13.9. The van der Waals surface area contributed by atoms with E-state index in [1.807, 2.05) is 24.5 Å². The van der Waals surface area contributed by atoms with Crippen molar-refractivity contribution in [2.45, 2.75) is 46.0 Å². The molecule has 0 N–H and O–H groups in total. The number of ether oxygens (including phenoxy) is 1. The van der Waals surface area contributed by atoms with Crippen molar-refractivity contribution in [2.75, 3.05) is 6.61 Å². The van der Waals surface area contributed by atoms with E-state index >= 15 is 0 Å². The van der Waals surface area contributed by atoms with Gasteiger partial charge in [-0.3, -0.25) is 0 Å². The van der Waals surface area contributed by atoms with Crippen molar-refractivity contribution >= 4 is 5.97 Å². The maximum Gasteiger partial charge on any atom is 0.338 e. The first-order valence-electron chi connectivity index (χ1n) is 8.33. The number of carbonyl (C=O) groups excluding carboxylic acids is 1. The molecule has 0 atom stereocenters. The van der Waals surface area contributed by atoms with Crippen molar-refractivity contribution in [2.24, 2.45) is 0 Å². The summed E-state index contributed by atoms with van der Waals surface area (Å²) in [7, 11) is 0. The number of benzene rings is 1. The van der Waals surface area contributed by atoms with Crippen molar-refractivity contribution in [3.05, 3.63) is 47.8 Å². The van der Waals surface area contributed by atoms with Crippen LogP contribution in [0.2, 0.25) is 0 Å². The summed E-state index contributed by atoms with van der Waals surface area (Å²) in [5.41, 5.74) is 2.62. The van der Waals surface area contributed by atoms with Gasteiger partial charge in [-0.15, -0.1) is 0 Å². The molecule has 4 heteroatoms. The lowest BCUT2D eigenvalue weighted by Gasteiger charge is -2.05. The van der Waals surface area contributed by atoms with Crippen LogP contribution in [0.1, 0.15) is 55.5 Å². The van der Waals surface area contributed by atoms with Crippen LogP contribution in [0.25, 0.3) is 11.4 Å². The second-order valence-electron chi connectivity index (χ2n) is 5.52. The fourth-order valence-corrected chi connectivity index (χ4v) is 2.36. The molecule has 0 fully saturated rings. The molecule has 4 nitrogen and oxygen atoms in total. The second kappa shape index (κ2) is 9.03. The van der Waals surface area contributed by atoms with Crippen LogP contribution in [0.3, 0.4) is 0 Å². The van der Waals surface area contributed by atoms with Gasteiger partial charge in [-0.1, -0.05) is 38.3 Å². The third-order valence-electron chi connectivity index (χ3n) is 3.68. The van der Waals surface area contributed by atoms with Gasteiger partial charge in [-0.25, -0.2) is 14.8 Å². The molecule has 23 heavy (non-hydrogen) atoms. The van der Waals surface area contributed by atoms with Gasteiger partial charge in [0.2, 0.25) is 0 Å². The van der Waals surface area contributed by atoms with E-state index in [0.29, 0.717) is 18.0 Å². The number of hydrogen-bond donors (Lipinski definition) is 0. The molecule has 0 spiro atoms. The average molecular weight is 312 g/mol. The SMILES string of the molecule is CCCCCCc1cnc(-c2ccc(C(=O)OCC)cc2)nc1. The van der Waals surface area contributed by atoms with E-state index < -0.39 is 0 Å². The number of unbranched alkanes of at least 4 members (excludes halogenated alkanes) is 3. The number of hydrogen-bond acceptors (Lipinski definition) is 4. The molecular weight excluding hydrogens is 288 g/mol. The van der Waals surface area contributed by atoms with Crippen LogP contribution in [-0.2, 0) is 11.2 Å². The Balaban J connectivity index is 1.97. The van der Waals surface area contributed by atoms with E-state index in [0.717, 1.165) is 12.0 Å². The first-order valence-corrected chi connectivity index (χ1v) is 8.33. The van der Waals surface area contributed by atoms with Gasteiger partial charge in [0.15, 0.2) is 5.82 Å². The summed E-state index contributed by atoms with van der Waals surface area (Å²) in [6.07, 6.45) is 9.80. The van der Waals surface area contributed by atoms with Gasteiger partial charge in [0, 0.05) is 18.0 Å². The Morgan fingerprint density at radius 2 is 1.70 bits per heavy atom. The quantitative estimate of drug-likeness (QED) is 0.534. The largest absolute Gasteiger partial charge is 0.462 e. The van der Waals surface area contributed by atoms with Crippen molar-refractivity contribution in [1.82, 2.24) is 9.97 Å². The highest BCUT2D eigenvalue weighted by Gasteiger charge is 2.07. The van der Waals surface area contributed by atoms with Gasteiger partial charge >= 0.3 is 5.97 Å². The number of esters is 1. The third-order valence-corrected chi connectivity index (χ3v) is 3.68. The summed E-state index contributed by atoms with van der Waals surface area (Å²) in [5.74, 6) is 0.375. The maximum absolute atomic E-state index is 11.6. The minimum absolute atomic E-state index is 0.303. The number of rotatable bonds is 8. The molecule has 0 unspecified atom stereocenters. The second-order valence-corrected chi connectivity index (χ2v) is 5.52. The molecule has 0 amide bonds. The van der Waals surface area contributed by atoms with Gasteiger partial charge < -0.3 is 4.74 Å². The molecule has 0 aliphatic heterocycles. The highest BCUT2D eigenvalue weighted by molar-refractivity contribution is 5.89. The highest BCUT2D eigenvalue weighted by atomic mass is 16.5. The fourth-order valence-electron chi connectivity index (χ4n) is 2.36. The summed E-state index contributed by atoms with van der Waals surface area (Å²) in [6, 6.07) is 7.19. The summed E-state index contributed by atoms with van der Waals surface area (Å²) >= 11 is 0. The maximum atomic E-state index is 11.6. The predicted molar refractivity (Wildman–Crippen MR) is 91.3 cm³/mol. The standard InChI is InChI=1S/C19H24N2O2/c1-3-5-6-7-8-15-13-20-18(21-14-15)16-9-11-17(12-10-16)19(22)23-4-2/h9-14H,3-8H2,1-2H3. The molecule has 0 saturated heterocycles. The Kier molecular flexibility index (Phi) is 6.73. The zero-order valence-electron chi connectivity index (χ0n) is 13.9.